The quantitative estimate of drug-likeness (QED) is 0.323. The Balaban J connectivity index is 1.50. The maximum Gasteiger partial charge on any atom is 0.189 e. The summed E-state index contributed by atoms with van der Waals surface area (Å²) in [6, 6.07) is 20.0. The zero-order chi connectivity index (χ0) is 20.9. The van der Waals surface area contributed by atoms with Crippen molar-refractivity contribution in [2.24, 2.45) is 7.05 Å². The lowest BCUT2D eigenvalue weighted by Gasteiger charge is -2.12. The highest BCUT2D eigenvalue weighted by Gasteiger charge is 2.07. The Labute approximate surface area is 175 Å². The molecule has 4 rings (SSSR count). The Bertz CT molecular complexity index is 1220. The van der Waals surface area contributed by atoms with Crippen molar-refractivity contribution in [2.45, 2.75) is 6.61 Å². The normalized spacial score (nSPS) is 11.1. The van der Waals surface area contributed by atoms with E-state index in [4.69, 9.17) is 9.47 Å². The van der Waals surface area contributed by atoms with Gasteiger partial charge in [0, 0.05) is 18.8 Å². The van der Waals surface area contributed by atoms with E-state index in [-0.39, 0.29) is 5.78 Å². The van der Waals surface area contributed by atoms with Gasteiger partial charge in [-0.05, 0) is 46.7 Å². The molecule has 0 saturated carbocycles. The second kappa shape index (κ2) is 8.66. The van der Waals surface area contributed by atoms with Crippen molar-refractivity contribution >= 4 is 22.6 Å². The summed E-state index contributed by atoms with van der Waals surface area (Å²) >= 11 is 0. The van der Waals surface area contributed by atoms with Gasteiger partial charge < -0.3 is 9.47 Å². The van der Waals surface area contributed by atoms with Gasteiger partial charge in [0.1, 0.15) is 18.1 Å². The molecule has 30 heavy (non-hydrogen) atoms. The predicted molar refractivity (Wildman–Crippen MR) is 118 cm³/mol. The molecule has 0 radical (unpaired) electrons. The zero-order valence-corrected chi connectivity index (χ0v) is 16.9. The molecule has 5 heteroatoms. The van der Waals surface area contributed by atoms with Crippen molar-refractivity contribution in [2.75, 3.05) is 7.11 Å². The van der Waals surface area contributed by atoms with Gasteiger partial charge in [-0.3, -0.25) is 9.48 Å². The molecule has 0 spiro atoms. The van der Waals surface area contributed by atoms with Gasteiger partial charge in [-0.1, -0.05) is 42.5 Å². The Kier molecular flexibility index (Phi) is 5.61. The lowest BCUT2D eigenvalue weighted by molar-refractivity contribution is 0.104. The highest BCUT2D eigenvalue weighted by Crippen LogP contribution is 2.25. The molecule has 0 amide bonds. The largest absolute Gasteiger partial charge is 0.496 e. The van der Waals surface area contributed by atoms with E-state index in [9.17, 15) is 4.79 Å². The summed E-state index contributed by atoms with van der Waals surface area (Å²) in [5, 5.41) is 6.34. The van der Waals surface area contributed by atoms with Crippen LogP contribution in [0.15, 0.2) is 79.1 Å². The molecule has 0 bridgehead atoms. The molecule has 0 aliphatic carbocycles. The van der Waals surface area contributed by atoms with Crippen molar-refractivity contribution in [3.05, 3.63) is 95.8 Å². The number of rotatable bonds is 7. The van der Waals surface area contributed by atoms with E-state index in [2.05, 4.69) is 17.2 Å². The summed E-state index contributed by atoms with van der Waals surface area (Å²) in [6.45, 7) is 0.361. The average Bonchev–Trinajstić information content (AvgIpc) is 3.22. The van der Waals surface area contributed by atoms with Crippen LogP contribution in [0.3, 0.4) is 0 Å². The molecule has 0 saturated heterocycles. The van der Waals surface area contributed by atoms with Gasteiger partial charge in [0.2, 0.25) is 0 Å². The Hall–Kier alpha value is -3.86. The van der Waals surface area contributed by atoms with Crippen molar-refractivity contribution in [1.29, 1.82) is 0 Å². The summed E-state index contributed by atoms with van der Waals surface area (Å²) < 4.78 is 13.1. The van der Waals surface area contributed by atoms with Crippen LogP contribution in [0.1, 0.15) is 21.5 Å². The smallest absolute Gasteiger partial charge is 0.189 e. The predicted octanol–water partition coefficient (Wildman–Crippen LogP) is 5.06. The highest BCUT2D eigenvalue weighted by atomic mass is 16.5. The number of methoxy groups -OCH3 is 1. The van der Waals surface area contributed by atoms with Crippen LogP contribution in [0.2, 0.25) is 0 Å². The number of carbonyl (C=O) groups is 1. The Morgan fingerprint density at radius 3 is 2.67 bits per heavy atom. The van der Waals surface area contributed by atoms with Gasteiger partial charge in [0.05, 0.1) is 18.9 Å². The number of aromatic nitrogens is 2. The Morgan fingerprint density at radius 2 is 1.90 bits per heavy atom. The first-order chi connectivity index (χ1) is 14.6. The topological polar surface area (TPSA) is 53.3 Å². The fourth-order valence-corrected chi connectivity index (χ4v) is 3.25. The fourth-order valence-electron chi connectivity index (χ4n) is 3.25. The van der Waals surface area contributed by atoms with Crippen LogP contribution < -0.4 is 9.47 Å². The van der Waals surface area contributed by atoms with E-state index in [1.54, 1.807) is 43.4 Å². The lowest BCUT2D eigenvalue weighted by Crippen LogP contribution is -1.99. The first-order valence-electron chi connectivity index (χ1n) is 9.62. The molecule has 4 aromatic rings. The molecule has 0 unspecified atom stereocenters. The maximum absolute atomic E-state index is 12.3. The third-order valence-corrected chi connectivity index (χ3v) is 4.84. The highest BCUT2D eigenvalue weighted by molar-refractivity contribution is 6.06. The fraction of sp³-hybridized carbons (Fsp3) is 0.120. The number of carbonyl (C=O) groups excluding carboxylic acids is 1. The average molecular weight is 398 g/mol. The number of nitrogens with zero attached hydrogens (tertiary/aromatic N) is 2. The molecular formula is C25H22N2O3. The minimum atomic E-state index is -0.0899. The maximum atomic E-state index is 12.3. The second-order valence-corrected chi connectivity index (χ2v) is 6.97. The van der Waals surface area contributed by atoms with Crippen LogP contribution >= 0.6 is 0 Å². The molecule has 0 aliphatic heterocycles. The molecular weight excluding hydrogens is 376 g/mol. The first kappa shape index (κ1) is 19.5. The van der Waals surface area contributed by atoms with Crippen molar-refractivity contribution in [3.63, 3.8) is 0 Å². The summed E-state index contributed by atoms with van der Waals surface area (Å²) in [5.41, 5.74) is 2.36. The number of benzene rings is 3. The van der Waals surface area contributed by atoms with Crippen LogP contribution in [0.4, 0.5) is 0 Å². The summed E-state index contributed by atoms with van der Waals surface area (Å²) in [7, 11) is 3.42. The number of hydrogen-bond donors (Lipinski definition) is 0. The van der Waals surface area contributed by atoms with E-state index in [1.165, 1.54) is 5.39 Å². The van der Waals surface area contributed by atoms with Crippen LogP contribution in [-0.4, -0.2) is 22.7 Å². The van der Waals surface area contributed by atoms with E-state index < -0.39 is 0 Å². The van der Waals surface area contributed by atoms with Crippen molar-refractivity contribution < 1.29 is 14.3 Å². The van der Waals surface area contributed by atoms with Crippen LogP contribution in [-0.2, 0) is 13.7 Å². The van der Waals surface area contributed by atoms with Gasteiger partial charge >= 0.3 is 0 Å². The Morgan fingerprint density at radius 1 is 1.07 bits per heavy atom. The first-order valence-corrected chi connectivity index (χ1v) is 9.62. The van der Waals surface area contributed by atoms with Crippen LogP contribution in [0.25, 0.3) is 16.8 Å². The minimum absolute atomic E-state index is 0.0899. The third kappa shape index (κ3) is 4.41. The van der Waals surface area contributed by atoms with Gasteiger partial charge in [-0.15, -0.1) is 0 Å². The number of ketones is 1. The summed E-state index contributed by atoms with van der Waals surface area (Å²) in [4.78, 5) is 12.3. The number of aryl methyl sites for hydroxylation is 1. The second-order valence-electron chi connectivity index (χ2n) is 6.97. The molecule has 5 nitrogen and oxygen atoms in total. The standard InChI is InChI=1S/C25H22N2O3/c1-27-16-22(15-26-27)24(28)11-7-18-8-12-25(29-2)21(13-18)17-30-23-10-9-19-5-3-4-6-20(19)14-23/h3-16H,17H2,1-2H3/b11-7+. The van der Waals surface area contributed by atoms with E-state index >= 15 is 0 Å². The number of fused-ring (bicyclic) bond motifs is 1. The SMILES string of the molecule is COc1ccc(/C=C/C(=O)c2cnn(C)c2)cc1COc1ccc2ccccc2c1. The van der Waals surface area contributed by atoms with E-state index in [0.717, 1.165) is 28.0 Å². The molecule has 0 fully saturated rings. The summed E-state index contributed by atoms with van der Waals surface area (Å²) in [6.07, 6.45) is 6.59. The summed E-state index contributed by atoms with van der Waals surface area (Å²) in [5.74, 6) is 1.45. The van der Waals surface area contributed by atoms with Gasteiger partial charge in [-0.2, -0.15) is 5.10 Å². The number of hydrogen-bond acceptors (Lipinski definition) is 4. The van der Waals surface area contributed by atoms with E-state index in [0.29, 0.717) is 12.2 Å². The lowest BCUT2D eigenvalue weighted by atomic mass is 10.1. The third-order valence-electron chi connectivity index (χ3n) is 4.84. The molecule has 0 N–H and O–H groups in total. The number of allylic oxidation sites excluding steroid dienone is 1. The van der Waals surface area contributed by atoms with Gasteiger partial charge in [0.25, 0.3) is 0 Å². The minimum Gasteiger partial charge on any atom is -0.496 e. The molecule has 1 aromatic heterocycles. The molecule has 3 aromatic carbocycles. The molecule has 1 heterocycles. The number of ether oxygens (including phenoxy) is 2. The molecule has 0 atom stereocenters. The van der Waals surface area contributed by atoms with Gasteiger partial charge in [-0.25, -0.2) is 0 Å². The molecule has 150 valence electrons. The molecule has 0 aliphatic rings. The van der Waals surface area contributed by atoms with E-state index in [1.807, 2.05) is 48.5 Å². The zero-order valence-electron chi connectivity index (χ0n) is 16.9. The van der Waals surface area contributed by atoms with Gasteiger partial charge in [0.15, 0.2) is 5.78 Å². The van der Waals surface area contributed by atoms with Crippen molar-refractivity contribution in [1.82, 2.24) is 9.78 Å². The van der Waals surface area contributed by atoms with Crippen LogP contribution in [0, 0.1) is 0 Å². The van der Waals surface area contributed by atoms with Crippen molar-refractivity contribution in [3.8, 4) is 11.5 Å². The van der Waals surface area contributed by atoms with Crippen LogP contribution in [0.5, 0.6) is 11.5 Å². The monoisotopic (exact) mass is 398 g/mol.